The zero-order chi connectivity index (χ0) is 17.0. The first kappa shape index (κ1) is 17.3. The molecule has 0 bridgehead atoms. The van der Waals surface area contributed by atoms with Crippen LogP contribution in [0.4, 0.5) is 10.5 Å². The highest BCUT2D eigenvalue weighted by atomic mass is 16.5. The summed E-state index contributed by atoms with van der Waals surface area (Å²) in [6.45, 7) is 7.43. The number of hydrogen-bond acceptors (Lipinski definition) is 4. The second kappa shape index (κ2) is 7.45. The van der Waals surface area contributed by atoms with Crippen molar-refractivity contribution < 1.29 is 14.3 Å². The second-order valence-corrected chi connectivity index (χ2v) is 5.76. The Labute approximate surface area is 136 Å². The van der Waals surface area contributed by atoms with Gasteiger partial charge in [0.05, 0.1) is 30.9 Å². The lowest BCUT2D eigenvalue weighted by atomic mass is 10.2. The molecule has 0 aromatic carbocycles. The molecule has 2 heterocycles. The van der Waals surface area contributed by atoms with E-state index in [2.05, 4.69) is 24.3 Å². The number of nitrogens with one attached hydrogen (secondary N) is 1. The molecule has 1 aromatic heterocycles. The van der Waals surface area contributed by atoms with Gasteiger partial charge in [-0.05, 0) is 20.3 Å². The van der Waals surface area contributed by atoms with Crippen LogP contribution in [0.15, 0.2) is 6.20 Å². The van der Waals surface area contributed by atoms with Gasteiger partial charge in [0.1, 0.15) is 6.54 Å². The highest BCUT2D eigenvalue weighted by molar-refractivity contribution is 5.94. The van der Waals surface area contributed by atoms with E-state index >= 15 is 0 Å². The minimum absolute atomic E-state index is 0.0655. The lowest BCUT2D eigenvalue weighted by Gasteiger charge is -2.18. The van der Waals surface area contributed by atoms with E-state index in [1.807, 2.05) is 11.6 Å². The van der Waals surface area contributed by atoms with E-state index in [-0.39, 0.29) is 31.2 Å². The van der Waals surface area contributed by atoms with E-state index < -0.39 is 0 Å². The number of methoxy groups -OCH3 is 1. The lowest BCUT2D eigenvalue weighted by molar-refractivity contribution is -0.127. The van der Waals surface area contributed by atoms with Crippen LogP contribution in [0, 0.1) is 6.92 Å². The third-order valence-electron chi connectivity index (χ3n) is 4.17. The van der Waals surface area contributed by atoms with Crippen molar-refractivity contribution in [1.29, 1.82) is 0 Å². The predicted octanol–water partition coefficient (Wildman–Crippen LogP) is 1.44. The summed E-state index contributed by atoms with van der Waals surface area (Å²) in [5.41, 5.74) is 1.59. The van der Waals surface area contributed by atoms with Gasteiger partial charge in [0, 0.05) is 19.7 Å². The van der Waals surface area contributed by atoms with Crippen LogP contribution in [-0.2, 0) is 9.53 Å². The Bertz CT molecular complexity index is 571. The number of urea groups is 1. The Morgan fingerprint density at radius 1 is 1.52 bits per heavy atom. The van der Waals surface area contributed by atoms with E-state index in [0.717, 1.165) is 12.1 Å². The topological polar surface area (TPSA) is 79.7 Å². The minimum Gasteiger partial charge on any atom is -0.383 e. The van der Waals surface area contributed by atoms with Crippen LogP contribution >= 0.6 is 0 Å². The molecule has 0 spiro atoms. The zero-order valence-corrected chi connectivity index (χ0v) is 14.2. The van der Waals surface area contributed by atoms with E-state index in [9.17, 15) is 9.59 Å². The highest BCUT2D eigenvalue weighted by Crippen LogP contribution is 2.20. The van der Waals surface area contributed by atoms with E-state index in [0.29, 0.717) is 18.8 Å². The summed E-state index contributed by atoms with van der Waals surface area (Å²) in [7, 11) is 1.59. The average molecular weight is 323 g/mol. The molecule has 128 valence electrons. The molecule has 1 N–H and O–H groups in total. The van der Waals surface area contributed by atoms with Gasteiger partial charge in [0.2, 0.25) is 5.91 Å². The van der Waals surface area contributed by atoms with Crippen LogP contribution in [0.2, 0.25) is 0 Å². The van der Waals surface area contributed by atoms with Gasteiger partial charge in [-0.25, -0.2) is 4.79 Å². The number of nitrogens with zero attached hydrogens (tertiary/aromatic N) is 4. The molecule has 1 aromatic rings. The SMILES string of the molecule is CCC(C)n1ncc(NC(=O)N2CC(=O)N(CCOC)C2)c1C. The highest BCUT2D eigenvalue weighted by Gasteiger charge is 2.30. The number of rotatable bonds is 6. The second-order valence-electron chi connectivity index (χ2n) is 5.76. The number of anilines is 1. The van der Waals surface area contributed by atoms with Crippen LogP contribution in [0.25, 0.3) is 0 Å². The van der Waals surface area contributed by atoms with Gasteiger partial charge in [-0.2, -0.15) is 5.10 Å². The average Bonchev–Trinajstić information content (AvgIpc) is 3.08. The monoisotopic (exact) mass is 323 g/mol. The molecule has 1 aliphatic heterocycles. The normalized spacial score (nSPS) is 16.1. The summed E-state index contributed by atoms with van der Waals surface area (Å²) in [5.74, 6) is -0.0655. The molecule has 1 unspecified atom stereocenters. The van der Waals surface area contributed by atoms with Gasteiger partial charge in [0.15, 0.2) is 0 Å². The van der Waals surface area contributed by atoms with E-state index in [1.165, 1.54) is 4.90 Å². The number of aromatic nitrogens is 2. The molecule has 1 atom stereocenters. The molecule has 1 saturated heterocycles. The fourth-order valence-electron chi connectivity index (χ4n) is 2.49. The fraction of sp³-hybridized carbons (Fsp3) is 0.667. The summed E-state index contributed by atoms with van der Waals surface area (Å²) in [5, 5.41) is 7.17. The van der Waals surface area contributed by atoms with Crippen LogP contribution in [0.5, 0.6) is 0 Å². The van der Waals surface area contributed by atoms with Crippen molar-refractivity contribution in [3.05, 3.63) is 11.9 Å². The first-order chi connectivity index (χ1) is 11.0. The molecule has 0 radical (unpaired) electrons. The van der Waals surface area contributed by atoms with Crippen LogP contribution in [-0.4, -0.2) is 65.0 Å². The minimum atomic E-state index is -0.287. The zero-order valence-electron chi connectivity index (χ0n) is 14.2. The summed E-state index contributed by atoms with van der Waals surface area (Å²) in [4.78, 5) is 27.3. The number of amides is 3. The summed E-state index contributed by atoms with van der Waals surface area (Å²) < 4.78 is 6.87. The smallest absolute Gasteiger partial charge is 0.323 e. The molecule has 2 rings (SSSR count). The first-order valence-electron chi connectivity index (χ1n) is 7.84. The van der Waals surface area contributed by atoms with Crippen molar-refractivity contribution in [2.24, 2.45) is 0 Å². The van der Waals surface area contributed by atoms with Crippen molar-refractivity contribution in [1.82, 2.24) is 19.6 Å². The van der Waals surface area contributed by atoms with Gasteiger partial charge in [-0.3, -0.25) is 14.4 Å². The molecule has 0 aliphatic carbocycles. The Balaban J connectivity index is 1.98. The molecule has 0 saturated carbocycles. The maximum atomic E-state index is 12.3. The van der Waals surface area contributed by atoms with Crippen LogP contribution in [0.3, 0.4) is 0 Å². The van der Waals surface area contributed by atoms with Gasteiger partial charge in [0.25, 0.3) is 0 Å². The van der Waals surface area contributed by atoms with Crippen LogP contribution < -0.4 is 5.32 Å². The Kier molecular flexibility index (Phi) is 5.59. The van der Waals surface area contributed by atoms with Crippen molar-refractivity contribution in [2.75, 3.05) is 38.8 Å². The Morgan fingerprint density at radius 3 is 2.91 bits per heavy atom. The predicted molar refractivity (Wildman–Crippen MR) is 86.1 cm³/mol. The van der Waals surface area contributed by atoms with Crippen molar-refractivity contribution in [3.63, 3.8) is 0 Å². The first-order valence-corrected chi connectivity index (χ1v) is 7.84. The third kappa shape index (κ3) is 3.82. The van der Waals surface area contributed by atoms with E-state index in [1.54, 1.807) is 18.2 Å². The number of carbonyl (C=O) groups excluding carboxylic acids is 2. The maximum absolute atomic E-state index is 12.3. The number of hydrogen-bond donors (Lipinski definition) is 1. The Hall–Kier alpha value is -2.09. The van der Waals surface area contributed by atoms with Gasteiger partial charge >= 0.3 is 6.03 Å². The standard InChI is InChI=1S/C15H25N5O3/c1-5-11(2)20-12(3)13(8-16-20)17-15(22)19-9-14(21)18(10-19)6-7-23-4/h8,11H,5-7,9-10H2,1-4H3,(H,17,22). The van der Waals surface area contributed by atoms with Gasteiger partial charge in [-0.1, -0.05) is 6.92 Å². The fourth-order valence-corrected chi connectivity index (χ4v) is 2.49. The largest absolute Gasteiger partial charge is 0.383 e. The molecule has 8 heteroatoms. The summed E-state index contributed by atoms with van der Waals surface area (Å²) in [6, 6.07) is -0.0105. The quantitative estimate of drug-likeness (QED) is 0.859. The molecule has 23 heavy (non-hydrogen) atoms. The number of carbonyl (C=O) groups is 2. The van der Waals surface area contributed by atoms with Crippen LogP contribution in [0.1, 0.15) is 32.0 Å². The number of ether oxygens (including phenoxy) is 1. The Morgan fingerprint density at radius 2 is 2.26 bits per heavy atom. The third-order valence-corrected chi connectivity index (χ3v) is 4.17. The lowest BCUT2D eigenvalue weighted by Crippen LogP contribution is -2.35. The van der Waals surface area contributed by atoms with Crippen molar-refractivity contribution in [2.45, 2.75) is 33.2 Å². The molecule has 3 amide bonds. The van der Waals surface area contributed by atoms with Gasteiger partial charge < -0.3 is 15.0 Å². The maximum Gasteiger partial charge on any atom is 0.323 e. The molecule has 1 fully saturated rings. The summed E-state index contributed by atoms with van der Waals surface area (Å²) in [6.07, 6.45) is 2.62. The molecular formula is C15H25N5O3. The van der Waals surface area contributed by atoms with Gasteiger partial charge in [-0.15, -0.1) is 0 Å². The van der Waals surface area contributed by atoms with Crippen molar-refractivity contribution >= 4 is 17.6 Å². The van der Waals surface area contributed by atoms with E-state index in [4.69, 9.17) is 4.74 Å². The van der Waals surface area contributed by atoms with Crippen molar-refractivity contribution in [3.8, 4) is 0 Å². The molecule has 8 nitrogen and oxygen atoms in total. The summed E-state index contributed by atoms with van der Waals surface area (Å²) >= 11 is 0. The molecule has 1 aliphatic rings. The molecular weight excluding hydrogens is 298 g/mol.